The van der Waals surface area contributed by atoms with Crippen molar-refractivity contribution in [3.8, 4) is 0 Å². The lowest BCUT2D eigenvalue weighted by Gasteiger charge is -2.03. The first-order valence-electron chi connectivity index (χ1n) is 3.28. The predicted octanol–water partition coefficient (Wildman–Crippen LogP) is 2.59. The van der Waals surface area contributed by atoms with Crippen LogP contribution in [0.3, 0.4) is 0 Å². The van der Waals surface area contributed by atoms with Crippen LogP contribution in [-0.2, 0) is 6.42 Å². The van der Waals surface area contributed by atoms with Gasteiger partial charge in [0.05, 0.1) is 0 Å². The first-order valence-corrected chi connectivity index (χ1v) is 4.08. The van der Waals surface area contributed by atoms with E-state index in [0.717, 1.165) is 16.6 Å². The third-order valence-electron chi connectivity index (χ3n) is 1.51. The molecule has 0 aliphatic carbocycles. The highest BCUT2D eigenvalue weighted by Crippen LogP contribution is 2.22. The van der Waals surface area contributed by atoms with Crippen molar-refractivity contribution in [2.45, 2.75) is 13.3 Å². The molecule has 0 fully saturated rings. The second-order valence-corrected chi connectivity index (χ2v) is 3.02. The summed E-state index contributed by atoms with van der Waals surface area (Å²) in [4.78, 5) is 0. The molecular weight excluding hydrogens is 190 g/mol. The molecule has 0 amide bonds. The van der Waals surface area contributed by atoms with Crippen molar-refractivity contribution >= 4 is 21.6 Å². The summed E-state index contributed by atoms with van der Waals surface area (Å²) in [6, 6.07) is 5.87. The predicted molar refractivity (Wildman–Crippen MR) is 47.9 cm³/mol. The summed E-state index contributed by atoms with van der Waals surface area (Å²) in [6.45, 7) is 2.09. The minimum absolute atomic E-state index is 0.872. The Morgan fingerprint density at radius 1 is 1.50 bits per heavy atom. The Bertz CT molecular complexity index is 212. The van der Waals surface area contributed by atoms with Crippen LogP contribution in [-0.4, -0.2) is 0 Å². The molecule has 0 aliphatic heterocycles. The summed E-state index contributed by atoms with van der Waals surface area (Å²) >= 11 is 3.43. The van der Waals surface area contributed by atoms with E-state index in [0.29, 0.717) is 0 Å². The summed E-state index contributed by atoms with van der Waals surface area (Å²) in [6.07, 6.45) is 0.979. The van der Waals surface area contributed by atoms with Gasteiger partial charge in [0, 0.05) is 10.2 Å². The van der Waals surface area contributed by atoms with Crippen molar-refractivity contribution in [3.05, 3.63) is 28.2 Å². The van der Waals surface area contributed by atoms with Crippen molar-refractivity contribution in [1.29, 1.82) is 0 Å². The summed E-state index contributed by atoms with van der Waals surface area (Å²) in [5.41, 5.74) is 7.77. The van der Waals surface area contributed by atoms with Gasteiger partial charge in [0.15, 0.2) is 0 Å². The Hall–Kier alpha value is -0.500. The average molecular weight is 200 g/mol. The highest BCUT2D eigenvalue weighted by Gasteiger charge is 1.98. The fourth-order valence-electron chi connectivity index (χ4n) is 0.948. The highest BCUT2D eigenvalue weighted by atomic mass is 79.9. The smallest absolute Gasteiger partial charge is 0.0357 e. The minimum atomic E-state index is 0.872. The maximum Gasteiger partial charge on any atom is 0.0357 e. The Morgan fingerprint density at radius 2 is 2.20 bits per heavy atom. The van der Waals surface area contributed by atoms with Gasteiger partial charge in [0.1, 0.15) is 0 Å². The standard InChI is InChI=1S/C8H10BrN/c1-2-6-7(9)4-3-5-8(6)10/h3-5H,2,10H2,1H3. The topological polar surface area (TPSA) is 26.0 Å². The first kappa shape index (κ1) is 7.61. The van der Waals surface area contributed by atoms with E-state index in [2.05, 4.69) is 22.9 Å². The van der Waals surface area contributed by atoms with Gasteiger partial charge < -0.3 is 5.73 Å². The number of rotatable bonds is 1. The van der Waals surface area contributed by atoms with Crippen LogP contribution < -0.4 is 5.73 Å². The molecule has 10 heavy (non-hydrogen) atoms. The lowest BCUT2D eigenvalue weighted by molar-refractivity contribution is 1.13. The molecule has 0 aliphatic rings. The largest absolute Gasteiger partial charge is 0.398 e. The van der Waals surface area contributed by atoms with Gasteiger partial charge in [-0.2, -0.15) is 0 Å². The first-order chi connectivity index (χ1) is 4.75. The van der Waals surface area contributed by atoms with E-state index in [-0.39, 0.29) is 0 Å². The molecule has 1 aromatic carbocycles. The molecule has 1 aromatic rings. The Kier molecular flexibility index (Phi) is 2.33. The summed E-state index contributed by atoms with van der Waals surface area (Å²) in [7, 11) is 0. The van der Waals surface area contributed by atoms with Crippen LogP contribution in [0.4, 0.5) is 5.69 Å². The zero-order chi connectivity index (χ0) is 7.56. The number of nitrogens with two attached hydrogens (primary N) is 1. The van der Waals surface area contributed by atoms with Crippen molar-refractivity contribution < 1.29 is 0 Å². The normalized spacial score (nSPS) is 9.80. The van der Waals surface area contributed by atoms with Gasteiger partial charge >= 0.3 is 0 Å². The van der Waals surface area contributed by atoms with E-state index in [9.17, 15) is 0 Å². The van der Waals surface area contributed by atoms with E-state index >= 15 is 0 Å². The zero-order valence-electron chi connectivity index (χ0n) is 5.89. The number of hydrogen-bond acceptors (Lipinski definition) is 1. The number of hydrogen-bond donors (Lipinski definition) is 1. The molecule has 54 valence electrons. The molecule has 0 aromatic heterocycles. The summed E-state index contributed by atoms with van der Waals surface area (Å²) < 4.78 is 1.11. The van der Waals surface area contributed by atoms with Gasteiger partial charge in [-0.25, -0.2) is 0 Å². The van der Waals surface area contributed by atoms with Gasteiger partial charge in [-0.15, -0.1) is 0 Å². The van der Waals surface area contributed by atoms with Crippen LogP contribution in [0.2, 0.25) is 0 Å². The highest BCUT2D eigenvalue weighted by molar-refractivity contribution is 9.10. The van der Waals surface area contributed by atoms with Gasteiger partial charge in [0.25, 0.3) is 0 Å². The van der Waals surface area contributed by atoms with Gasteiger partial charge in [-0.3, -0.25) is 0 Å². The maximum absolute atomic E-state index is 5.70. The van der Waals surface area contributed by atoms with Crippen LogP contribution in [0.1, 0.15) is 12.5 Å². The van der Waals surface area contributed by atoms with Crippen LogP contribution in [0.25, 0.3) is 0 Å². The van der Waals surface area contributed by atoms with Crippen molar-refractivity contribution in [2.75, 3.05) is 5.73 Å². The molecule has 1 nitrogen and oxygen atoms in total. The molecule has 0 atom stereocenters. The summed E-state index contributed by atoms with van der Waals surface area (Å²) in [5, 5.41) is 0. The second-order valence-electron chi connectivity index (χ2n) is 2.16. The number of benzene rings is 1. The lowest BCUT2D eigenvalue weighted by Crippen LogP contribution is -1.92. The molecule has 1 rings (SSSR count). The molecule has 2 N–H and O–H groups in total. The van der Waals surface area contributed by atoms with Crippen LogP contribution in [0.5, 0.6) is 0 Å². The molecule has 0 bridgehead atoms. The van der Waals surface area contributed by atoms with Gasteiger partial charge in [0.2, 0.25) is 0 Å². The Morgan fingerprint density at radius 3 is 2.60 bits per heavy atom. The van der Waals surface area contributed by atoms with Crippen molar-refractivity contribution in [2.24, 2.45) is 0 Å². The van der Waals surface area contributed by atoms with Gasteiger partial charge in [-0.05, 0) is 24.1 Å². The van der Waals surface area contributed by atoms with Crippen LogP contribution in [0.15, 0.2) is 22.7 Å². The maximum atomic E-state index is 5.70. The van der Waals surface area contributed by atoms with Crippen LogP contribution in [0, 0.1) is 0 Å². The quantitative estimate of drug-likeness (QED) is 0.692. The molecule has 0 radical (unpaired) electrons. The Balaban J connectivity index is 3.17. The average Bonchev–Trinajstić information content (AvgIpc) is 1.88. The number of halogens is 1. The Labute approximate surface area is 69.4 Å². The molecule has 0 saturated carbocycles. The van der Waals surface area contributed by atoms with E-state index in [1.807, 2.05) is 18.2 Å². The monoisotopic (exact) mass is 199 g/mol. The van der Waals surface area contributed by atoms with Crippen molar-refractivity contribution in [3.63, 3.8) is 0 Å². The number of anilines is 1. The number of nitrogen functional groups attached to an aromatic ring is 1. The fraction of sp³-hybridized carbons (Fsp3) is 0.250. The minimum Gasteiger partial charge on any atom is -0.398 e. The third kappa shape index (κ3) is 1.32. The van der Waals surface area contributed by atoms with E-state index in [1.54, 1.807) is 0 Å². The van der Waals surface area contributed by atoms with E-state index < -0.39 is 0 Å². The summed E-state index contributed by atoms with van der Waals surface area (Å²) in [5.74, 6) is 0. The van der Waals surface area contributed by atoms with E-state index in [1.165, 1.54) is 5.56 Å². The molecular formula is C8H10BrN. The molecule has 0 unspecified atom stereocenters. The molecule has 2 heteroatoms. The molecule has 0 spiro atoms. The molecule has 0 saturated heterocycles. The lowest BCUT2D eigenvalue weighted by atomic mass is 10.1. The SMILES string of the molecule is CCc1c(N)cccc1Br. The van der Waals surface area contributed by atoms with E-state index in [4.69, 9.17) is 5.73 Å². The van der Waals surface area contributed by atoms with Gasteiger partial charge in [-0.1, -0.05) is 28.9 Å². The van der Waals surface area contributed by atoms with Crippen LogP contribution >= 0.6 is 15.9 Å². The second kappa shape index (κ2) is 3.06. The third-order valence-corrected chi connectivity index (χ3v) is 2.25. The van der Waals surface area contributed by atoms with Crippen molar-refractivity contribution in [1.82, 2.24) is 0 Å². The zero-order valence-corrected chi connectivity index (χ0v) is 7.48. The molecule has 0 heterocycles. The fourth-order valence-corrected chi connectivity index (χ4v) is 1.61.